The van der Waals surface area contributed by atoms with Crippen molar-refractivity contribution in [2.75, 3.05) is 29.4 Å². The van der Waals surface area contributed by atoms with Crippen molar-refractivity contribution >= 4 is 29.2 Å². The zero-order valence-corrected chi connectivity index (χ0v) is 21.5. The molecule has 0 bridgehead atoms. The number of hydrogen-bond acceptors (Lipinski definition) is 9. The average molecular weight is 492 g/mol. The Morgan fingerprint density at radius 2 is 1.81 bits per heavy atom. The zero-order chi connectivity index (χ0) is 25.2. The maximum absolute atomic E-state index is 12.9. The standard InChI is InChI=1S/C25H33N9O2/c1-16-11-32(23(35)36-24(3,4)5)17(2)10-31(16)21-20-22(28-13-27-21)33(12-25(20)7-6-8-25)18-9-19-26-14-30-34(19)15-29-18/h9,13-17H,6-8,10-12H2,1-5H3/t16-,17+/m0/s1. The minimum atomic E-state index is -0.520. The lowest BCUT2D eigenvalue weighted by Gasteiger charge is -2.46. The topological polar surface area (TPSA) is 105 Å². The highest BCUT2D eigenvalue weighted by Gasteiger charge is 2.52. The zero-order valence-electron chi connectivity index (χ0n) is 21.5. The van der Waals surface area contributed by atoms with E-state index < -0.39 is 5.60 Å². The molecule has 11 nitrogen and oxygen atoms in total. The molecule has 3 aromatic heterocycles. The predicted octanol–water partition coefficient (Wildman–Crippen LogP) is 3.32. The number of piperazine rings is 1. The van der Waals surface area contributed by atoms with Crippen LogP contribution in [0.4, 0.5) is 22.2 Å². The molecule has 0 N–H and O–H groups in total. The summed E-state index contributed by atoms with van der Waals surface area (Å²) in [6.07, 6.45) is 8.03. The minimum Gasteiger partial charge on any atom is -0.444 e. The molecule has 0 radical (unpaired) electrons. The van der Waals surface area contributed by atoms with E-state index in [0.717, 1.165) is 42.5 Å². The summed E-state index contributed by atoms with van der Waals surface area (Å²) in [4.78, 5) is 37.9. The van der Waals surface area contributed by atoms with E-state index in [1.807, 2.05) is 31.7 Å². The molecule has 1 aliphatic carbocycles. The molecular formula is C25H33N9O2. The van der Waals surface area contributed by atoms with Crippen LogP contribution in [0.5, 0.6) is 0 Å². The van der Waals surface area contributed by atoms with Crippen LogP contribution in [0.3, 0.4) is 0 Å². The predicted molar refractivity (Wildman–Crippen MR) is 135 cm³/mol. The SMILES string of the molecule is C[C@@H]1CN(c2ncnc3c2C2(CCC2)CN3c2cc3ncnn3cn2)[C@@H](C)CN1C(=O)OC(C)(C)C. The Bertz CT molecular complexity index is 1310. The second-order valence-corrected chi connectivity index (χ2v) is 11.4. The van der Waals surface area contributed by atoms with E-state index in [0.29, 0.717) is 13.1 Å². The minimum absolute atomic E-state index is 0.00599. The highest BCUT2D eigenvalue weighted by atomic mass is 16.6. The first-order chi connectivity index (χ1) is 17.2. The molecule has 2 atom stereocenters. The quantitative estimate of drug-likeness (QED) is 0.534. The highest BCUT2D eigenvalue weighted by Crippen LogP contribution is 2.56. The number of ether oxygens (including phenoxy) is 1. The fourth-order valence-electron chi connectivity index (χ4n) is 5.78. The van der Waals surface area contributed by atoms with Gasteiger partial charge in [0.2, 0.25) is 0 Å². The van der Waals surface area contributed by atoms with Crippen molar-refractivity contribution in [3.05, 3.63) is 30.6 Å². The third kappa shape index (κ3) is 3.63. The lowest BCUT2D eigenvalue weighted by molar-refractivity contribution is 0.0129. The molecule has 1 amide bonds. The summed E-state index contributed by atoms with van der Waals surface area (Å²) in [5.74, 6) is 2.72. The molecule has 2 aliphatic heterocycles. The molecular weight excluding hydrogens is 458 g/mol. The summed E-state index contributed by atoms with van der Waals surface area (Å²) in [5, 5.41) is 4.17. The van der Waals surface area contributed by atoms with Crippen molar-refractivity contribution in [2.24, 2.45) is 0 Å². The Morgan fingerprint density at radius 1 is 1.03 bits per heavy atom. The monoisotopic (exact) mass is 491 g/mol. The number of carbonyl (C=O) groups excluding carboxylic acids is 1. The van der Waals surface area contributed by atoms with Crippen molar-refractivity contribution in [3.63, 3.8) is 0 Å². The second kappa shape index (κ2) is 8.01. The summed E-state index contributed by atoms with van der Waals surface area (Å²) in [5.41, 5.74) is 1.46. The van der Waals surface area contributed by atoms with Crippen LogP contribution in [-0.4, -0.2) is 77.9 Å². The Balaban J connectivity index is 1.34. The molecule has 0 unspecified atom stereocenters. The van der Waals surface area contributed by atoms with Crippen LogP contribution < -0.4 is 9.80 Å². The first-order valence-electron chi connectivity index (χ1n) is 12.7. The van der Waals surface area contributed by atoms with Crippen molar-refractivity contribution in [1.29, 1.82) is 0 Å². The van der Waals surface area contributed by atoms with E-state index in [4.69, 9.17) is 14.7 Å². The van der Waals surface area contributed by atoms with Crippen LogP contribution >= 0.6 is 0 Å². The van der Waals surface area contributed by atoms with Gasteiger partial charge in [0.1, 0.15) is 42.0 Å². The largest absolute Gasteiger partial charge is 0.444 e. The Morgan fingerprint density at radius 3 is 2.53 bits per heavy atom. The molecule has 190 valence electrons. The van der Waals surface area contributed by atoms with Gasteiger partial charge in [-0.2, -0.15) is 5.10 Å². The van der Waals surface area contributed by atoms with E-state index >= 15 is 0 Å². The molecule has 1 saturated carbocycles. The van der Waals surface area contributed by atoms with Gasteiger partial charge in [-0.05, 0) is 47.5 Å². The van der Waals surface area contributed by atoms with Crippen LogP contribution in [0.25, 0.3) is 5.65 Å². The molecule has 0 aromatic carbocycles. The van der Waals surface area contributed by atoms with E-state index in [9.17, 15) is 4.79 Å². The maximum Gasteiger partial charge on any atom is 0.410 e. The molecule has 5 heterocycles. The summed E-state index contributed by atoms with van der Waals surface area (Å²) < 4.78 is 7.34. The van der Waals surface area contributed by atoms with Crippen molar-refractivity contribution in [2.45, 2.75) is 77.0 Å². The van der Waals surface area contributed by atoms with Gasteiger partial charge in [0.15, 0.2) is 5.65 Å². The summed E-state index contributed by atoms with van der Waals surface area (Å²) in [7, 11) is 0. The van der Waals surface area contributed by atoms with Crippen LogP contribution in [0, 0.1) is 0 Å². The van der Waals surface area contributed by atoms with Crippen LogP contribution in [0.15, 0.2) is 25.0 Å². The number of rotatable bonds is 2. The van der Waals surface area contributed by atoms with Gasteiger partial charge in [-0.15, -0.1) is 0 Å². The fourth-order valence-corrected chi connectivity index (χ4v) is 5.78. The molecule has 1 spiro atoms. The first-order valence-corrected chi connectivity index (χ1v) is 12.7. The number of anilines is 3. The van der Waals surface area contributed by atoms with Gasteiger partial charge < -0.3 is 19.4 Å². The lowest BCUT2D eigenvalue weighted by atomic mass is 9.66. The van der Waals surface area contributed by atoms with Crippen molar-refractivity contribution in [1.82, 2.24) is 34.4 Å². The molecule has 36 heavy (non-hydrogen) atoms. The average Bonchev–Trinajstić information content (AvgIpc) is 3.41. The van der Waals surface area contributed by atoms with E-state index in [1.54, 1.807) is 17.2 Å². The number of fused-ring (bicyclic) bond motifs is 3. The van der Waals surface area contributed by atoms with Gasteiger partial charge in [0.05, 0.1) is 0 Å². The number of nitrogens with zero attached hydrogens (tertiary/aromatic N) is 9. The molecule has 3 aromatic rings. The summed E-state index contributed by atoms with van der Waals surface area (Å²) in [6.45, 7) is 12.0. The smallest absolute Gasteiger partial charge is 0.410 e. The van der Waals surface area contributed by atoms with Crippen LogP contribution in [0.1, 0.15) is 59.4 Å². The summed E-state index contributed by atoms with van der Waals surface area (Å²) in [6, 6.07) is 2.04. The molecule has 3 aliphatic rings. The third-order valence-electron chi connectivity index (χ3n) is 7.69. The maximum atomic E-state index is 12.9. The summed E-state index contributed by atoms with van der Waals surface area (Å²) >= 11 is 0. The van der Waals surface area contributed by atoms with E-state index in [1.165, 1.54) is 18.3 Å². The van der Waals surface area contributed by atoms with Gasteiger partial charge in [-0.3, -0.25) is 0 Å². The molecule has 1 saturated heterocycles. The second-order valence-electron chi connectivity index (χ2n) is 11.4. The molecule has 6 rings (SSSR count). The Labute approximate surface area is 210 Å². The van der Waals surface area contributed by atoms with Crippen molar-refractivity contribution < 1.29 is 9.53 Å². The Kier molecular flexibility index (Phi) is 5.10. The lowest BCUT2D eigenvalue weighted by Crippen LogP contribution is -2.59. The van der Waals surface area contributed by atoms with Gasteiger partial charge in [-0.1, -0.05) is 6.42 Å². The fraction of sp³-hybridized carbons (Fsp3) is 0.600. The number of carbonyl (C=O) groups is 1. The van der Waals surface area contributed by atoms with Gasteiger partial charge >= 0.3 is 6.09 Å². The van der Waals surface area contributed by atoms with Crippen LogP contribution in [0.2, 0.25) is 0 Å². The number of amides is 1. The van der Waals surface area contributed by atoms with Crippen LogP contribution in [-0.2, 0) is 10.2 Å². The number of aromatic nitrogens is 6. The van der Waals surface area contributed by atoms with Gasteiger partial charge in [0.25, 0.3) is 0 Å². The highest BCUT2D eigenvalue weighted by molar-refractivity contribution is 5.76. The van der Waals surface area contributed by atoms with E-state index in [2.05, 4.69) is 38.7 Å². The molecule has 2 fully saturated rings. The van der Waals surface area contributed by atoms with E-state index in [-0.39, 0.29) is 23.6 Å². The van der Waals surface area contributed by atoms with Gasteiger partial charge in [0, 0.05) is 48.8 Å². The normalized spacial score (nSPS) is 23.2. The molecule has 11 heteroatoms. The van der Waals surface area contributed by atoms with Crippen molar-refractivity contribution in [3.8, 4) is 0 Å². The third-order valence-corrected chi connectivity index (χ3v) is 7.69. The first kappa shape index (κ1) is 22.9. The Hall–Kier alpha value is -3.50. The number of hydrogen-bond donors (Lipinski definition) is 0. The van der Waals surface area contributed by atoms with Gasteiger partial charge in [-0.25, -0.2) is 29.2 Å².